The molecule has 0 aromatic heterocycles. The summed E-state index contributed by atoms with van der Waals surface area (Å²) in [4.78, 5) is 0. The lowest BCUT2D eigenvalue weighted by Crippen LogP contribution is -2.30. The quantitative estimate of drug-likeness (QED) is 0.858. The van der Waals surface area contributed by atoms with E-state index in [-0.39, 0.29) is 29.4 Å². The van der Waals surface area contributed by atoms with Crippen LogP contribution >= 0.6 is 11.8 Å². The van der Waals surface area contributed by atoms with Crippen LogP contribution in [-0.2, 0) is 9.84 Å². The molecule has 2 N–H and O–H groups in total. The van der Waals surface area contributed by atoms with Crippen LogP contribution in [0.5, 0.6) is 0 Å². The summed E-state index contributed by atoms with van der Waals surface area (Å²) < 4.78 is 23.5. The summed E-state index contributed by atoms with van der Waals surface area (Å²) in [6, 6.07) is 7.86. The fraction of sp³-hybridized carbons (Fsp3) is 0.538. The molecular weight excluding hydrogens is 282 g/mol. The zero-order valence-electron chi connectivity index (χ0n) is 10.9. The molecule has 4 nitrogen and oxygen atoms in total. The third-order valence-electron chi connectivity index (χ3n) is 3.13. The number of aliphatic hydroxyl groups is 1. The van der Waals surface area contributed by atoms with E-state index in [0.29, 0.717) is 5.75 Å². The topological polar surface area (TPSA) is 66.4 Å². The van der Waals surface area contributed by atoms with Crippen molar-refractivity contribution in [3.05, 3.63) is 29.8 Å². The van der Waals surface area contributed by atoms with Crippen LogP contribution in [0.3, 0.4) is 0 Å². The van der Waals surface area contributed by atoms with Gasteiger partial charge in [-0.25, -0.2) is 8.42 Å². The Morgan fingerprint density at radius 3 is 2.63 bits per heavy atom. The molecule has 19 heavy (non-hydrogen) atoms. The molecule has 1 aliphatic rings. The second kappa shape index (κ2) is 6.15. The van der Waals surface area contributed by atoms with E-state index >= 15 is 0 Å². The summed E-state index contributed by atoms with van der Waals surface area (Å²) in [7, 11) is -2.97. The molecule has 1 fully saturated rings. The van der Waals surface area contributed by atoms with E-state index in [2.05, 4.69) is 5.32 Å². The first-order valence-electron chi connectivity index (χ1n) is 6.26. The number of aryl methyl sites for hydroxylation is 1. The maximum atomic E-state index is 11.7. The first kappa shape index (κ1) is 14.7. The van der Waals surface area contributed by atoms with Crippen molar-refractivity contribution in [3.8, 4) is 0 Å². The highest BCUT2D eigenvalue weighted by Crippen LogP contribution is 2.27. The average molecular weight is 301 g/mol. The van der Waals surface area contributed by atoms with Crippen molar-refractivity contribution >= 4 is 27.3 Å². The van der Waals surface area contributed by atoms with Gasteiger partial charge in [-0.05, 0) is 19.1 Å². The average Bonchev–Trinajstić information content (AvgIpc) is 2.64. The van der Waals surface area contributed by atoms with Crippen molar-refractivity contribution in [2.24, 2.45) is 0 Å². The lowest BCUT2D eigenvalue weighted by atomic mass is 10.2. The number of rotatable bonds is 5. The van der Waals surface area contributed by atoms with Crippen molar-refractivity contribution < 1.29 is 13.5 Å². The smallest absolute Gasteiger partial charge is 0.153 e. The first-order chi connectivity index (χ1) is 9.00. The Balaban J connectivity index is 2.05. The Morgan fingerprint density at radius 1 is 1.32 bits per heavy atom. The number of benzene rings is 1. The molecule has 1 aromatic rings. The van der Waals surface area contributed by atoms with Gasteiger partial charge in [0.15, 0.2) is 9.84 Å². The van der Waals surface area contributed by atoms with Crippen molar-refractivity contribution in [2.75, 3.05) is 29.2 Å². The summed E-state index contributed by atoms with van der Waals surface area (Å²) in [5.41, 5.74) is 2.12. The van der Waals surface area contributed by atoms with E-state index in [9.17, 15) is 8.42 Å². The Hall–Kier alpha value is -0.720. The van der Waals surface area contributed by atoms with E-state index in [1.165, 1.54) is 17.3 Å². The van der Waals surface area contributed by atoms with E-state index in [0.717, 1.165) is 5.69 Å². The molecule has 6 heteroatoms. The number of anilines is 1. The van der Waals surface area contributed by atoms with Gasteiger partial charge in [0, 0.05) is 16.7 Å². The van der Waals surface area contributed by atoms with E-state index < -0.39 is 9.84 Å². The lowest BCUT2D eigenvalue weighted by molar-refractivity contribution is 0.322. The predicted molar refractivity (Wildman–Crippen MR) is 80.6 cm³/mol. The van der Waals surface area contributed by atoms with Gasteiger partial charge >= 0.3 is 0 Å². The van der Waals surface area contributed by atoms with Crippen LogP contribution in [0.4, 0.5) is 5.69 Å². The molecule has 1 aromatic carbocycles. The number of sulfone groups is 1. The number of hydrogen-bond donors (Lipinski definition) is 2. The fourth-order valence-electron chi connectivity index (χ4n) is 2.18. The number of aliphatic hydroxyl groups excluding tert-OH is 1. The van der Waals surface area contributed by atoms with Gasteiger partial charge < -0.3 is 10.4 Å². The third kappa shape index (κ3) is 4.12. The normalized spacial score (nSPS) is 25.4. The summed E-state index contributed by atoms with van der Waals surface area (Å²) in [6.07, 6.45) is 0. The molecule has 0 amide bonds. The Labute approximate surface area is 118 Å². The van der Waals surface area contributed by atoms with Crippen LogP contribution in [0.25, 0.3) is 0 Å². The predicted octanol–water partition coefficient (Wildman–Crippen LogP) is 1.30. The Kier molecular flexibility index (Phi) is 4.76. The molecule has 0 spiro atoms. The molecule has 2 atom stereocenters. The van der Waals surface area contributed by atoms with Gasteiger partial charge in [0.2, 0.25) is 0 Å². The number of nitrogens with one attached hydrogen (secondary N) is 1. The van der Waals surface area contributed by atoms with Crippen molar-refractivity contribution in [3.63, 3.8) is 0 Å². The lowest BCUT2D eigenvalue weighted by Gasteiger charge is -2.20. The molecular formula is C13H19NO3S2. The molecule has 1 heterocycles. The van der Waals surface area contributed by atoms with Crippen LogP contribution < -0.4 is 5.32 Å². The van der Waals surface area contributed by atoms with E-state index in [4.69, 9.17) is 5.11 Å². The maximum absolute atomic E-state index is 11.7. The second-order valence-electron chi connectivity index (χ2n) is 4.83. The minimum Gasteiger partial charge on any atom is -0.396 e. The van der Waals surface area contributed by atoms with Crippen LogP contribution in [0.15, 0.2) is 24.3 Å². The maximum Gasteiger partial charge on any atom is 0.153 e. The van der Waals surface area contributed by atoms with Crippen molar-refractivity contribution in [1.29, 1.82) is 0 Å². The first-order valence-corrected chi connectivity index (χ1v) is 9.13. The number of hydrogen-bond acceptors (Lipinski definition) is 5. The summed E-state index contributed by atoms with van der Waals surface area (Å²) in [5.74, 6) is 0.942. The second-order valence-corrected chi connectivity index (χ2v) is 8.33. The zero-order chi connectivity index (χ0) is 13.9. The molecule has 106 valence electrons. The van der Waals surface area contributed by atoms with Crippen molar-refractivity contribution in [1.82, 2.24) is 0 Å². The fourth-order valence-corrected chi connectivity index (χ4v) is 5.85. The van der Waals surface area contributed by atoms with Gasteiger partial charge in [-0.15, -0.1) is 0 Å². The summed E-state index contributed by atoms with van der Waals surface area (Å²) >= 11 is 1.53. The molecule has 2 unspecified atom stereocenters. The molecule has 0 aliphatic carbocycles. The Morgan fingerprint density at radius 2 is 2.00 bits per heavy atom. The molecule has 0 saturated carbocycles. The minimum atomic E-state index is -2.97. The highest BCUT2D eigenvalue weighted by Gasteiger charge is 2.37. The molecule has 0 radical (unpaired) electrons. The Bertz CT molecular complexity index is 513. The number of thioether (sulfide) groups is 1. The highest BCUT2D eigenvalue weighted by molar-refractivity contribution is 8.01. The van der Waals surface area contributed by atoms with Gasteiger partial charge in [-0.2, -0.15) is 11.8 Å². The summed E-state index contributed by atoms with van der Waals surface area (Å²) in [5, 5.41) is 12.2. The molecule has 2 rings (SSSR count). The standard InChI is InChI=1S/C13H19NO3S2/c1-10-2-4-11(5-3-10)14-12-8-19(16,17)9-13(12)18-7-6-15/h2-5,12-15H,6-9H2,1H3. The van der Waals surface area contributed by atoms with Crippen LogP contribution in [0, 0.1) is 6.92 Å². The monoisotopic (exact) mass is 301 g/mol. The van der Waals surface area contributed by atoms with Gasteiger partial charge in [-0.1, -0.05) is 17.7 Å². The van der Waals surface area contributed by atoms with Gasteiger partial charge in [0.1, 0.15) is 0 Å². The SMILES string of the molecule is Cc1ccc(NC2CS(=O)(=O)CC2SCCO)cc1. The summed E-state index contributed by atoms with van der Waals surface area (Å²) in [6.45, 7) is 2.10. The molecule has 1 aliphatic heterocycles. The van der Waals surface area contributed by atoms with E-state index in [1.54, 1.807) is 0 Å². The zero-order valence-corrected chi connectivity index (χ0v) is 12.5. The largest absolute Gasteiger partial charge is 0.396 e. The van der Waals surface area contributed by atoms with Crippen molar-refractivity contribution in [2.45, 2.75) is 18.2 Å². The molecule has 1 saturated heterocycles. The van der Waals surface area contributed by atoms with Crippen LogP contribution in [0.1, 0.15) is 5.56 Å². The van der Waals surface area contributed by atoms with Gasteiger partial charge in [0.05, 0.1) is 24.2 Å². The van der Waals surface area contributed by atoms with Gasteiger partial charge in [0.25, 0.3) is 0 Å². The van der Waals surface area contributed by atoms with Crippen LogP contribution in [0.2, 0.25) is 0 Å². The molecule has 0 bridgehead atoms. The highest BCUT2D eigenvalue weighted by atomic mass is 32.2. The minimum absolute atomic E-state index is 0.0125. The third-order valence-corrected chi connectivity index (χ3v) is 6.41. The van der Waals surface area contributed by atoms with Crippen LogP contribution in [-0.4, -0.2) is 48.7 Å². The van der Waals surface area contributed by atoms with E-state index in [1.807, 2.05) is 31.2 Å². The van der Waals surface area contributed by atoms with Gasteiger partial charge in [-0.3, -0.25) is 0 Å².